The molecule has 0 saturated carbocycles. The first-order valence-electron chi connectivity index (χ1n) is 10.6. The third-order valence-corrected chi connectivity index (χ3v) is 6.39. The summed E-state index contributed by atoms with van der Waals surface area (Å²) in [6, 6.07) is 8.70. The number of hydrogen-bond acceptors (Lipinski definition) is 8. The van der Waals surface area contributed by atoms with E-state index in [1.807, 2.05) is 0 Å². The second kappa shape index (κ2) is 7.09. The van der Waals surface area contributed by atoms with Gasteiger partial charge >= 0.3 is 0 Å². The molecule has 2 aliphatic rings. The smallest absolute Gasteiger partial charge is 0.258 e. The lowest BCUT2D eigenvalue weighted by atomic mass is 9.82. The van der Waals surface area contributed by atoms with E-state index in [4.69, 9.17) is 0 Å². The average Bonchev–Trinajstić information content (AvgIpc) is 3.29. The molecule has 1 aliphatic carbocycles. The molecular weight excluding hydrogens is 470 g/mol. The summed E-state index contributed by atoms with van der Waals surface area (Å²) >= 11 is 0. The van der Waals surface area contributed by atoms with Crippen LogP contribution in [-0.4, -0.2) is 33.3 Å². The Morgan fingerprint density at radius 1 is 0.472 bits per heavy atom. The monoisotopic (exact) mass is 481 g/mol. The van der Waals surface area contributed by atoms with E-state index in [9.17, 15) is 38.4 Å². The van der Waals surface area contributed by atoms with Crippen LogP contribution in [0.25, 0.3) is 32.3 Å². The lowest BCUT2D eigenvalue weighted by molar-refractivity contribution is 0.0836. The Morgan fingerprint density at radius 3 is 1.19 bits per heavy atom. The van der Waals surface area contributed by atoms with Crippen molar-refractivity contribution in [3.63, 3.8) is 0 Å². The molecule has 0 fully saturated rings. The van der Waals surface area contributed by atoms with Crippen LogP contribution in [0.5, 0.6) is 0 Å². The number of rotatable bonds is 0. The highest BCUT2D eigenvalue weighted by Crippen LogP contribution is 2.35. The Balaban J connectivity index is 0.000000137. The van der Waals surface area contributed by atoms with E-state index >= 15 is 0 Å². The minimum absolute atomic E-state index is 0.133. The van der Waals surface area contributed by atoms with Gasteiger partial charge in [0.25, 0.3) is 34.1 Å². The first-order chi connectivity index (χ1) is 17.2. The van der Waals surface area contributed by atoms with Crippen molar-refractivity contribution in [1.82, 2.24) is 15.3 Å². The maximum atomic E-state index is 12.0. The van der Waals surface area contributed by atoms with Crippen LogP contribution in [0.1, 0.15) is 47.9 Å². The molecule has 0 spiro atoms. The fourth-order valence-electron chi connectivity index (χ4n) is 4.74. The van der Waals surface area contributed by atoms with Crippen LogP contribution in [0.4, 0.5) is 0 Å². The van der Waals surface area contributed by atoms with Crippen LogP contribution < -0.4 is 27.6 Å². The minimum atomic E-state index is -0.546. The van der Waals surface area contributed by atoms with Gasteiger partial charge < -0.3 is 0 Å². The molecule has 1 aliphatic heterocycles. The van der Waals surface area contributed by atoms with E-state index in [2.05, 4.69) is 15.3 Å². The molecule has 36 heavy (non-hydrogen) atoms. The lowest BCUT2D eigenvalue weighted by Crippen LogP contribution is -2.35. The van der Waals surface area contributed by atoms with Gasteiger partial charge in [0, 0.05) is 33.0 Å². The van der Waals surface area contributed by atoms with Gasteiger partial charge in [-0.1, -0.05) is 0 Å². The second-order valence-corrected chi connectivity index (χ2v) is 8.39. The van der Waals surface area contributed by atoms with Crippen LogP contribution in [0.2, 0.25) is 0 Å². The number of fused-ring (bicyclic) bond motifs is 2. The molecule has 11 heteroatoms. The highest BCUT2D eigenvalue weighted by molar-refractivity contribution is 6.34. The number of aromatic nitrogens is 2. The number of imide groups is 1. The van der Waals surface area contributed by atoms with E-state index < -0.39 is 34.1 Å². The summed E-state index contributed by atoms with van der Waals surface area (Å²) in [6.45, 7) is 0. The van der Waals surface area contributed by atoms with Gasteiger partial charge in [0.2, 0.25) is 0 Å². The van der Waals surface area contributed by atoms with Crippen molar-refractivity contribution in [1.29, 1.82) is 0 Å². The molecule has 11 nitrogen and oxygen atoms in total. The van der Waals surface area contributed by atoms with Gasteiger partial charge in [-0.15, -0.1) is 0 Å². The van der Waals surface area contributed by atoms with Crippen LogP contribution in [0, 0.1) is 0 Å². The van der Waals surface area contributed by atoms with Gasteiger partial charge in [0.05, 0.1) is 28.0 Å². The number of benzene rings is 3. The van der Waals surface area contributed by atoms with E-state index in [1.165, 1.54) is 24.3 Å². The van der Waals surface area contributed by atoms with Crippen molar-refractivity contribution >= 4 is 55.7 Å². The zero-order valence-corrected chi connectivity index (χ0v) is 17.9. The highest BCUT2D eigenvalue weighted by Gasteiger charge is 2.32. The van der Waals surface area contributed by atoms with E-state index in [-0.39, 0.29) is 39.5 Å². The fourth-order valence-corrected chi connectivity index (χ4v) is 4.74. The summed E-state index contributed by atoms with van der Waals surface area (Å²) in [4.78, 5) is 97.1. The summed E-state index contributed by atoms with van der Waals surface area (Å²) < 4.78 is 0. The van der Waals surface area contributed by atoms with Gasteiger partial charge in [-0.25, -0.2) is 0 Å². The molecule has 5 aromatic rings. The summed E-state index contributed by atoms with van der Waals surface area (Å²) in [5.74, 6) is -1.55. The number of carbonyl (C=O) groups is 4. The number of ketones is 2. The van der Waals surface area contributed by atoms with Crippen molar-refractivity contribution in [2.75, 3.05) is 0 Å². The quantitative estimate of drug-likeness (QED) is 0.211. The predicted molar refractivity (Wildman–Crippen MR) is 127 cm³/mol. The Labute approximate surface area is 197 Å². The Kier molecular flexibility index (Phi) is 4.18. The number of amides is 2. The molecule has 0 saturated heterocycles. The van der Waals surface area contributed by atoms with Crippen molar-refractivity contribution in [2.24, 2.45) is 0 Å². The number of nitrogens with one attached hydrogen (secondary N) is 3. The molecule has 7 rings (SSSR count). The number of aromatic amines is 2. The van der Waals surface area contributed by atoms with Gasteiger partial charge in [0.15, 0.2) is 11.6 Å². The van der Waals surface area contributed by atoms with Gasteiger partial charge in [-0.05, 0) is 36.4 Å². The normalized spacial score (nSPS) is 14.3. The largest absolute Gasteiger partial charge is 0.294 e. The maximum absolute atomic E-state index is 12.0. The Hall–Kier alpha value is -5.32. The Morgan fingerprint density at radius 2 is 0.806 bits per heavy atom. The first-order valence-corrected chi connectivity index (χ1v) is 10.6. The molecule has 2 amide bonds. The van der Waals surface area contributed by atoms with Crippen molar-refractivity contribution < 1.29 is 19.2 Å². The van der Waals surface area contributed by atoms with Crippen LogP contribution in [0.15, 0.2) is 55.6 Å². The summed E-state index contributed by atoms with van der Waals surface area (Å²) in [5, 5.41) is 3.62. The maximum Gasteiger partial charge on any atom is 0.258 e. The van der Waals surface area contributed by atoms with Crippen LogP contribution in [-0.2, 0) is 0 Å². The SMILES string of the molecule is O=C1CC(=O)c2ccc3c4c(ccc1c24)C(=O)NC3=O.O=c1[nH]c(=O)c2cc3c(=O)[nH]c(=O)c3cc12. The summed E-state index contributed by atoms with van der Waals surface area (Å²) in [6.07, 6.45) is -0.166. The van der Waals surface area contributed by atoms with Crippen molar-refractivity contribution in [3.8, 4) is 0 Å². The third kappa shape index (κ3) is 2.79. The standard InChI is InChI=1S/C15H7NO4.C10H4N2O4/c17-10-5-11(18)7-2-4-9-13-8(14(19)16-15(9)20)3-1-6(10)12(7)13;13-7-3-1-4-6(10(16)12-8(4)14)2-5(3)9(15)11-7/h1-4H,5H2,(H,16,19,20);1-2H,(H,11,13,15)(H,12,14,16). The fraction of sp³-hybridized carbons (Fsp3) is 0.0400. The summed E-state index contributed by atoms with van der Waals surface area (Å²) in [7, 11) is 0. The third-order valence-electron chi connectivity index (χ3n) is 6.39. The molecule has 3 heterocycles. The molecule has 0 radical (unpaired) electrons. The van der Waals surface area contributed by atoms with Gasteiger partial charge in [-0.2, -0.15) is 0 Å². The zero-order chi connectivity index (χ0) is 25.5. The average molecular weight is 481 g/mol. The number of Topliss-reactive ketones (excluding diaryl/α,β-unsaturated/α-hetero) is 2. The molecule has 0 unspecified atom stereocenters. The predicted octanol–water partition coefficient (Wildman–Crippen LogP) is 0.458. The minimum Gasteiger partial charge on any atom is -0.294 e. The second-order valence-electron chi connectivity index (χ2n) is 8.39. The number of hydrogen-bond donors (Lipinski definition) is 3. The van der Waals surface area contributed by atoms with Crippen molar-refractivity contribution in [2.45, 2.75) is 6.42 Å². The van der Waals surface area contributed by atoms with E-state index in [0.29, 0.717) is 33.0 Å². The molecule has 2 aromatic heterocycles. The zero-order valence-electron chi connectivity index (χ0n) is 17.9. The molecule has 0 atom stereocenters. The van der Waals surface area contributed by atoms with Crippen LogP contribution in [0.3, 0.4) is 0 Å². The summed E-state index contributed by atoms with van der Waals surface area (Å²) in [5.41, 5.74) is -0.731. The highest BCUT2D eigenvalue weighted by atomic mass is 16.2. The molecule has 174 valence electrons. The van der Waals surface area contributed by atoms with E-state index in [1.54, 1.807) is 12.1 Å². The molecular formula is C25H11N3O8. The van der Waals surface area contributed by atoms with Gasteiger partial charge in [-0.3, -0.25) is 53.6 Å². The first kappa shape index (κ1) is 21.2. The van der Waals surface area contributed by atoms with Crippen molar-refractivity contribution in [3.05, 3.63) is 100 Å². The molecule has 3 N–H and O–H groups in total. The topological polar surface area (TPSA) is 180 Å². The number of carbonyl (C=O) groups excluding carboxylic acids is 4. The molecule has 0 bridgehead atoms. The Bertz CT molecular complexity index is 1820. The number of H-pyrrole nitrogens is 2. The lowest BCUT2D eigenvalue weighted by Gasteiger charge is -2.22. The van der Waals surface area contributed by atoms with Crippen LogP contribution >= 0.6 is 0 Å². The molecule has 3 aromatic carbocycles. The van der Waals surface area contributed by atoms with E-state index in [0.717, 1.165) is 0 Å². The van der Waals surface area contributed by atoms with Gasteiger partial charge in [0.1, 0.15) is 0 Å².